The van der Waals surface area contributed by atoms with Gasteiger partial charge < -0.3 is 15.2 Å². The van der Waals surface area contributed by atoms with E-state index in [2.05, 4.69) is 24.5 Å². The van der Waals surface area contributed by atoms with Crippen molar-refractivity contribution in [2.75, 3.05) is 17.2 Å². The Bertz CT molecular complexity index is 1000. The summed E-state index contributed by atoms with van der Waals surface area (Å²) >= 11 is 1.43. The van der Waals surface area contributed by atoms with E-state index in [9.17, 15) is 9.59 Å². The lowest BCUT2D eigenvalue weighted by Gasteiger charge is -2.22. The van der Waals surface area contributed by atoms with Crippen molar-refractivity contribution in [3.63, 3.8) is 0 Å². The Hall–Kier alpha value is -2.80. The fourth-order valence-corrected chi connectivity index (χ4v) is 4.12. The van der Waals surface area contributed by atoms with E-state index in [0.29, 0.717) is 5.92 Å². The zero-order chi connectivity index (χ0) is 21.5. The van der Waals surface area contributed by atoms with Crippen molar-refractivity contribution in [2.45, 2.75) is 38.4 Å². The van der Waals surface area contributed by atoms with Gasteiger partial charge >= 0.3 is 0 Å². The molecule has 2 N–H and O–H groups in total. The van der Waals surface area contributed by atoms with Crippen molar-refractivity contribution >= 4 is 40.3 Å². The van der Waals surface area contributed by atoms with E-state index in [0.717, 1.165) is 34.8 Å². The lowest BCUT2D eigenvalue weighted by atomic mass is 10.1. The second-order valence-electron chi connectivity index (χ2n) is 7.60. The molecule has 0 saturated carbocycles. The van der Waals surface area contributed by atoms with Gasteiger partial charge in [0.05, 0.1) is 16.8 Å². The van der Waals surface area contributed by atoms with Crippen molar-refractivity contribution in [3.05, 3.63) is 54.6 Å². The Morgan fingerprint density at radius 1 is 1.10 bits per heavy atom. The van der Waals surface area contributed by atoms with Crippen LogP contribution in [0, 0.1) is 5.92 Å². The largest absolute Gasteiger partial charge is 0.370 e. The Labute approximate surface area is 181 Å². The van der Waals surface area contributed by atoms with Gasteiger partial charge in [-0.25, -0.2) is 4.98 Å². The molecule has 2 aromatic carbocycles. The molecule has 0 aliphatic carbocycles. The van der Waals surface area contributed by atoms with Crippen molar-refractivity contribution < 1.29 is 9.59 Å². The van der Waals surface area contributed by atoms with Gasteiger partial charge in [-0.05, 0) is 36.6 Å². The highest BCUT2D eigenvalue weighted by molar-refractivity contribution is 7.99. The zero-order valence-electron chi connectivity index (χ0n) is 17.5. The van der Waals surface area contributed by atoms with Gasteiger partial charge in [0.15, 0.2) is 5.16 Å². The number of carbonyl (C=O) groups is 2. The van der Waals surface area contributed by atoms with Gasteiger partial charge in [-0.1, -0.05) is 55.9 Å². The molecule has 0 aliphatic heterocycles. The Morgan fingerprint density at radius 2 is 1.80 bits per heavy atom. The lowest BCUT2D eigenvalue weighted by Crippen LogP contribution is -2.35. The van der Waals surface area contributed by atoms with Gasteiger partial charge in [-0.2, -0.15) is 0 Å². The number of amides is 2. The number of primary amides is 1. The summed E-state index contributed by atoms with van der Waals surface area (Å²) in [4.78, 5) is 30.7. The van der Waals surface area contributed by atoms with Gasteiger partial charge in [-0.3, -0.25) is 9.59 Å². The maximum absolute atomic E-state index is 13.0. The molecule has 0 radical (unpaired) electrons. The van der Waals surface area contributed by atoms with E-state index in [1.165, 1.54) is 11.8 Å². The first-order valence-electron chi connectivity index (χ1n) is 10.2. The van der Waals surface area contributed by atoms with E-state index in [-0.39, 0.29) is 24.6 Å². The maximum atomic E-state index is 13.0. The van der Waals surface area contributed by atoms with Crippen molar-refractivity contribution in [1.82, 2.24) is 9.55 Å². The van der Waals surface area contributed by atoms with E-state index < -0.39 is 5.91 Å². The standard InChI is InChI=1S/C23H28N4O2S/c1-17(2)12-14-27-20-11-7-6-10-19(20)25-23(27)30-16-22(29)26(15-13-21(24)28)18-8-4-3-5-9-18/h3-11,17H,12-16H2,1-2H3,(H2,24,28). The van der Waals surface area contributed by atoms with Crippen LogP contribution < -0.4 is 10.6 Å². The average Bonchev–Trinajstić information content (AvgIpc) is 3.09. The molecule has 1 aromatic heterocycles. The number of hydrogen-bond donors (Lipinski definition) is 1. The number of fused-ring (bicyclic) bond motifs is 1. The molecular weight excluding hydrogens is 396 g/mol. The predicted molar refractivity (Wildman–Crippen MR) is 123 cm³/mol. The summed E-state index contributed by atoms with van der Waals surface area (Å²) in [6.45, 7) is 5.53. The molecule has 0 fully saturated rings. The second kappa shape index (κ2) is 10.3. The Kier molecular flexibility index (Phi) is 7.52. The number of benzene rings is 2. The topological polar surface area (TPSA) is 81.2 Å². The smallest absolute Gasteiger partial charge is 0.237 e. The number of imidazole rings is 1. The first kappa shape index (κ1) is 21.9. The fourth-order valence-electron chi connectivity index (χ4n) is 3.20. The van der Waals surface area contributed by atoms with Crippen LogP contribution in [-0.2, 0) is 16.1 Å². The highest BCUT2D eigenvalue weighted by Gasteiger charge is 2.19. The SMILES string of the molecule is CC(C)CCn1c(SCC(=O)N(CCC(N)=O)c2ccccc2)nc2ccccc21. The molecule has 3 aromatic rings. The van der Waals surface area contributed by atoms with Gasteiger partial charge in [0, 0.05) is 25.2 Å². The molecule has 0 saturated heterocycles. The third-order valence-electron chi connectivity index (χ3n) is 4.83. The van der Waals surface area contributed by atoms with E-state index in [1.54, 1.807) is 4.90 Å². The van der Waals surface area contributed by atoms with Crippen LogP contribution in [-0.4, -0.2) is 33.7 Å². The number of nitrogens with zero attached hydrogens (tertiary/aromatic N) is 3. The summed E-state index contributed by atoms with van der Waals surface area (Å²) in [5.74, 6) is 0.313. The quantitative estimate of drug-likeness (QED) is 0.497. The number of thioether (sulfide) groups is 1. The Balaban J connectivity index is 1.78. The molecule has 1 heterocycles. The van der Waals surface area contributed by atoms with Gasteiger partial charge in [-0.15, -0.1) is 0 Å². The Morgan fingerprint density at radius 3 is 2.50 bits per heavy atom. The summed E-state index contributed by atoms with van der Waals surface area (Å²) in [7, 11) is 0. The summed E-state index contributed by atoms with van der Waals surface area (Å²) < 4.78 is 2.20. The number of aryl methyl sites for hydroxylation is 1. The van der Waals surface area contributed by atoms with Crippen molar-refractivity contribution in [1.29, 1.82) is 0 Å². The first-order valence-corrected chi connectivity index (χ1v) is 11.2. The summed E-state index contributed by atoms with van der Waals surface area (Å²) in [6, 6.07) is 17.4. The van der Waals surface area contributed by atoms with Gasteiger partial charge in [0.1, 0.15) is 0 Å². The second-order valence-corrected chi connectivity index (χ2v) is 8.55. The molecular formula is C23H28N4O2S. The van der Waals surface area contributed by atoms with Crippen molar-refractivity contribution in [3.8, 4) is 0 Å². The average molecular weight is 425 g/mol. The van der Waals surface area contributed by atoms with Gasteiger partial charge in [0.25, 0.3) is 0 Å². The normalized spacial score (nSPS) is 11.2. The molecule has 158 valence electrons. The summed E-state index contributed by atoms with van der Waals surface area (Å²) in [5, 5.41) is 0.841. The number of para-hydroxylation sites is 3. The molecule has 0 aliphatic rings. The summed E-state index contributed by atoms with van der Waals surface area (Å²) in [6.07, 6.45) is 1.16. The van der Waals surface area contributed by atoms with Crippen LogP contribution in [0.1, 0.15) is 26.7 Å². The van der Waals surface area contributed by atoms with Gasteiger partial charge in [0.2, 0.25) is 11.8 Å². The molecule has 3 rings (SSSR count). The van der Waals surface area contributed by atoms with Crippen LogP contribution in [0.15, 0.2) is 59.8 Å². The maximum Gasteiger partial charge on any atom is 0.237 e. The van der Waals surface area contributed by atoms with Crippen LogP contribution in [0.5, 0.6) is 0 Å². The molecule has 2 amide bonds. The highest BCUT2D eigenvalue weighted by atomic mass is 32.2. The molecule has 7 heteroatoms. The number of nitrogens with two attached hydrogens (primary N) is 1. The zero-order valence-corrected chi connectivity index (χ0v) is 18.3. The number of anilines is 1. The fraction of sp³-hybridized carbons (Fsp3) is 0.348. The number of aromatic nitrogens is 2. The van der Waals surface area contributed by atoms with E-state index in [1.807, 2.05) is 48.5 Å². The van der Waals surface area contributed by atoms with Crippen LogP contribution in [0.4, 0.5) is 5.69 Å². The van der Waals surface area contributed by atoms with Crippen LogP contribution in [0.3, 0.4) is 0 Å². The number of hydrogen-bond acceptors (Lipinski definition) is 4. The number of rotatable bonds is 10. The minimum Gasteiger partial charge on any atom is -0.370 e. The third kappa shape index (κ3) is 5.63. The minimum absolute atomic E-state index is 0.0742. The molecule has 0 spiro atoms. The monoisotopic (exact) mass is 424 g/mol. The van der Waals surface area contributed by atoms with Crippen LogP contribution in [0.25, 0.3) is 11.0 Å². The first-order chi connectivity index (χ1) is 14.5. The molecule has 30 heavy (non-hydrogen) atoms. The third-order valence-corrected chi connectivity index (χ3v) is 5.79. The predicted octanol–water partition coefficient (Wildman–Crippen LogP) is 4.08. The van der Waals surface area contributed by atoms with E-state index in [4.69, 9.17) is 10.7 Å². The van der Waals surface area contributed by atoms with Crippen LogP contribution >= 0.6 is 11.8 Å². The van der Waals surface area contributed by atoms with Crippen LogP contribution in [0.2, 0.25) is 0 Å². The van der Waals surface area contributed by atoms with E-state index >= 15 is 0 Å². The highest BCUT2D eigenvalue weighted by Crippen LogP contribution is 2.26. The molecule has 0 bridgehead atoms. The molecule has 0 atom stereocenters. The molecule has 6 nitrogen and oxygen atoms in total. The molecule has 0 unspecified atom stereocenters. The number of carbonyl (C=O) groups excluding carboxylic acids is 2. The summed E-state index contributed by atoms with van der Waals surface area (Å²) in [5.41, 5.74) is 8.09. The van der Waals surface area contributed by atoms with Crippen molar-refractivity contribution in [2.24, 2.45) is 11.7 Å². The lowest BCUT2D eigenvalue weighted by molar-refractivity contribution is -0.118. The minimum atomic E-state index is -0.424.